The van der Waals surface area contributed by atoms with Crippen molar-refractivity contribution >= 4 is 36.2 Å². The molecule has 0 aromatic heterocycles. The first kappa shape index (κ1) is 16.3. The summed E-state index contributed by atoms with van der Waals surface area (Å²) in [6.45, 7) is 4.47. The molecule has 19 heavy (non-hydrogen) atoms. The van der Waals surface area contributed by atoms with Crippen LogP contribution in [0.2, 0.25) is 0 Å². The Morgan fingerprint density at radius 2 is 1.32 bits per heavy atom. The normalized spacial score (nSPS) is 18.1. The lowest BCUT2D eigenvalue weighted by Crippen LogP contribution is -2.20. The Bertz CT molecular complexity index is 402. The molecule has 2 saturated heterocycles. The van der Waals surface area contributed by atoms with Gasteiger partial charge in [-0.2, -0.15) is 0 Å². The first-order valence-corrected chi connectivity index (χ1v) is 6.67. The number of hydrogen-bond donors (Lipinski definition) is 1. The molecule has 2 heterocycles. The van der Waals surface area contributed by atoms with Gasteiger partial charge in [0, 0.05) is 31.9 Å². The number of benzene rings is 1. The minimum atomic E-state index is 0. The molecule has 3 nitrogen and oxygen atoms in total. The number of aromatic hydroxyl groups is 1. The molecule has 5 heteroatoms. The number of nitrogens with zero attached hydrogens (tertiary/aromatic N) is 2. The van der Waals surface area contributed by atoms with Gasteiger partial charge in [-0.3, -0.25) is 0 Å². The Labute approximate surface area is 127 Å². The highest BCUT2D eigenvalue weighted by atomic mass is 35.5. The molecule has 3 rings (SSSR count). The van der Waals surface area contributed by atoms with Crippen LogP contribution in [0, 0.1) is 0 Å². The van der Waals surface area contributed by atoms with Crippen LogP contribution in [-0.4, -0.2) is 31.3 Å². The predicted octanol–water partition coefficient (Wildman–Crippen LogP) is 3.44. The molecule has 0 bridgehead atoms. The summed E-state index contributed by atoms with van der Waals surface area (Å²) in [5.74, 6) is 0.426. The average molecular weight is 305 g/mol. The van der Waals surface area contributed by atoms with E-state index >= 15 is 0 Å². The number of phenols is 1. The lowest BCUT2D eigenvalue weighted by molar-refractivity contribution is 0.475. The molecule has 2 aliphatic heterocycles. The number of halogens is 2. The van der Waals surface area contributed by atoms with Gasteiger partial charge in [0.2, 0.25) is 0 Å². The standard InChI is InChI=1S/C14H20N2O.2ClH/c17-14-6-5-12(15-7-1-2-8-15)11-13(14)16-9-3-4-10-16;;/h5-6,11,17H,1-4,7-10H2;2*1H. The summed E-state index contributed by atoms with van der Waals surface area (Å²) in [4.78, 5) is 4.72. The SMILES string of the molecule is Cl.Cl.Oc1ccc(N2CCCC2)cc1N1CCCC1. The third-order valence-electron chi connectivity index (χ3n) is 3.88. The van der Waals surface area contributed by atoms with E-state index < -0.39 is 0 Å². The van der Waals surface area contributed by atoms with Crippen LogP contribution in [0.15, 0.2) is 18.2 Å². The Hall–Kier alpha value is -0.800. The fraction of sp³-hybridized carbons (Fsp3) is 0.571. The van der Waals surface area contributed by atoms with Crippen molar-refractivity contribution in [2.45, 2.75) is 25.7 Å². The van der Waals surface area contributed by atoms with E-state index in [1.165, 1.54) is 31.4 Å². The van der Waals surface area contributed by atoms with Crippen LogP contribution in [-0.2, 0) is 0 Å². The van der Waals surface area contributed by atoms with Crippen molar-refractivity contribution in [2.75, 3.05) is 36.0 Å². The third-order valence-corrected chi connectivity index (χ3v) is 3.88. The van der Waals surface area contributed by atoms with E-state index in [1.807, 2.05) is 12.1 Å². The summed E-state index contributed by atoms with van der Waals surface area (Å²) in [5, 5.41) is 9.98. The second-order valence-electron chi connectivity index (χ2n) is 5.06. The van der Waals surface area contributed by atoms with Gasteiger partial charge in [0.1, 0.15) is 5.75 Å². The van der Waals surface area contributed by atoms with E-state index in [9.17, 15) is 5.11 Å². The van der Waals surface area contributed by atoms with Gasteiger partial charge in [-0.1, -0.05) is 0 Å². The highest BCUT2D eigenvalue weighted by Crippen LogP contribution is 2.34. The Morgan fingerprint density at radius 3 is 1.89 bits per heavy atom. The highest BCUT2D eigenvalue weighted by Gasteiger charge is 2.18. The van der Waals surface area contributed by atoms with Crippen LogP contribution in [0.3, 0.4) is 0 Å². The van der Waals surface area contributed by atoms with Crippen LogP contribution >= 0.6 is 24.8 Å². The molecular formula is C14H22Cl2N2O. The quantitative estimate of drug-likeness (QED) is 0.907. The summed E-state index contributed by atoms with van der Waals surface area (Å²) < 4.78 is 0. The summed E-state index contributed by atoms with van der Waals surface area (Å²) >= 11 is 0. The zero-order chi connectivity index (χ0) is 11.7. The van der Waals surface area contributed by atoms with Crippen molar-refractivity contribution in [3.05, 3.63) is 18.2 Å². The number of rotatable bonds is 2. The molecule has 0 radical (unpaired) electrons. The van der Waals surface area contributed by atoms with Crippen molar-refractivity contribution in [3.63, 3.8) is 0 Å². The molecule has 0 spiro atoms. The summed E-state index contributed by atoms with van der Waals surface area (Å²) in [6, 6.07) is 6.05. The molecule has 2 fully saturated rings. The molecule has 1 N–H and O–H groups in total. The second-order valence-corrected chi connectivity index (χ2v) is 5.06. The van der Waals surface area contributed by atoms with Gasteiger partial charge in [-0.15, -0.1) is 24.8 Å². The minimum absolute atomic E-state index is 0. The topological polar surface area (TPSA) is 26.7 Å². The molecule has 1 aromatic carbocycles. The fourth-order valence-electron chi connectivity index (χ4n) is 2.90. The van der Waals surface area contributed by atoms with Gasteiger partial charge < -0.3 is 14.9 Å². The molecule has 0 aliphatic carbocycles. The molecule has 108 valence electrons. The van der Waals surface area contributed by atoms with E-state index in [0.717, 1.165) is 31.9 Å². The molecule has 0 saturated carbocycles. The van der Waals surface area contributed by atoms with Crippen LogP contribution in [0.4, 0.5) is 11.4 Å². The lowest BCUT2D eigenvalue weighted by Gasteiger charge is -2.23. The van der Waals surface area contributed by atoms with Crippen LogP contribution < -0.4 is 9.80 Å². The van der Waals surface area contributed by atoms with Crippen molar-refractivity contribution in [1.29, 1.82) is 0 Å². The Kier molecular flexibility index (Phi) is 6.08. The zero-order valence-electron chi connectivity index (χ0n) is 11.0. The number of phenolic OH excluding ortho intramolecular Hbond substituents is 1. The Morgan fingerprint density at radius 1 is 0.789 bits per heavy atom. The summed E-state index contributed by atoms with van der Waals surface area (Å²) in [6.07, 6.45) is 5.07. The minimum Gasteiger partial charge on any atom is -0.506 e. The van der Waals surface area contributed by atoms with E-state index in [4.69, 9.17) is 0 Å². The first-order chi connectivity index (χ1) is 8.34. The van der Waals surface area contributed by atoms with Crippen molar-refractivity contribution < 1.29 is 5.11 Å². The molecule has 0 atom stereocenters. The third kappa shape index (κ3) is 3.40. The largest absolute Gasteiger partial charge is 0.506 e. The average Bonchev–Trinajstić information content (AvgIpc) is 3.03. The van der Waals surface area contributed by atoms with E-state index in [1.54, 1.807) is 0 Å². The monoisotopic (exact) mass is 304 g/mol. The number of anilines is 2. The molecule has 0 unspecified atom stereocenters. The highest BCUT2D eigenvalue weighted by molar-refractivity contribution is 5.85. The van der Waals surface area contributed by atoms with Crippen LogP contribution in [0.1, 0.15) is 25.7 Å². The molecule has 1 aromatic rings. The summed E-state index contributed by atoms with van der Waals surface area (Å²) in [5.41, 5.74) is 2.29. The van der Waals surface area contributed by atoms with Gasteiger partial charge in [0.05, 0.1) is 5.69 Å². The first-order valence-electron chi connectivity index (χ1n) is 6.67. The maximum absolute atomic E-state index is 9.98. The van der Waals surface area contributed by atoms with Crippen molar-refractivity contribution in [3.8, 4) is 5.75 Å². The Balaban J connectivity index is 0.000000902. The van der Waals surface area contributed by atoms with E-state index in [0.29, 0.717) is 5.75 Å². The predicted molar refractivity (Wildman–Crippen MR) is 85.5 cm³/mol. The maximum Gasteiger partial charge on any atom is 0.139 e. The van der Waals surface area contributed by atoms with Gasteiger partial charge in [0.25, 0.3) is 0 Å². The van der Waals surface area contributed by atoms with Crippen LogP contribution in [0.25, 0.3) is 0 Å². The molecule has 2 aliphatic rings. The number of hydrogen-bond acceptors (Lipinski definition) is 3. The lowest BCUT2D eigenvalue weighted by atomic mass is 10.2. The maximum atomic E-state index is 9.98. The molecular weight excluding hydrogens is 283 g/mol. The van der Waals surface area contributed by atoms with Crippen molar-refractivity contribution in [1.82, 2.24) is 0 Å². The van der Waals surface area contributed by atoms with Gasteiger partial charge in [-0.25, -0.2) is 0 Å². The van der Waals surface area contributed by atoms with Gasteiger partial charge >= 0.3 is 0 Å². The van der Waals surface area contributed by atoms with E-state index in [2.05, 4.69) is 15.9 Å². The van der Waals surface area contributed by atoms with Crippen molar-refractivity contribution in [2.24, 2.45) is 0 Å². The fourth-order valence-corrected chi connectivity index (χ4v) is 2.90. The second kappa shape index (κ2) is 7.11. The zero-order valence-corrected chi connectivity index (χ0v) is 12.7. The van der Waals surface area contributed by atoms with Gasteiger partial charge in [-0.05, 0) is 43.9 Å². The summed E-state index contributed by atoms with van der Waals surface area (Å²) in [7, 11) is 0. The van der Waals surface area contributed by atoms with Gasteiger partial charge in [0.15, 0.2) is 0 Å². The molecule has 0 amide bonds. The smallest absolute Gasteiger partial charge is 0.139 e. The van der Waals surface area contributed by atoms with Crippen LogP contribution in [0.5, 0.6) is 5.75 Å². The van der Waals surface area contributed by atoms with E-state index in [-0.39, 0.29) is 24.8 Å².